The molecule has 0 saturated heterocycles. The molecule has 0 radical (unpaired) electrons. The summed E-state index contributed by atoms with van der Waals surface area (Å²) in [5.74, 6) is -2.34. The molecule has 0 aliphatic rings. The zero-order chi connectivity index (χ0) is 13.9. The van der Waals surface area contributed by atoms with Crippen LogP contribution >= 0.6 is 23.2 Å². The summed E-state index contributed by atoms with van der Waals surface area (Å²) in [5.41, 5.74) is -0.0496. The van der Waals surface area contributed by atoms with Crippen molar-refractivity contribution in [3.05, 3.63) is 33.6 Å². The number of hydrogen-bond donors (Lipinski definition) is 1. The van der Waals surface area contributed by atoms with Crippen molar-refractivity contribution in [2.45, 2.75) is 6.42 Å². The van der Waals surface area contributed by atoms with Crippen molar-refractivity contribution in [3.63, 3.8) is 0 Å². The number of benzene rings is 1. The van der Waals surface area contributed by atoms with Crippen LogP contribution in [0.1, 0.15) is 16.8 Å². The third kappa shape index (κ3) is 3.58. The molecule has 0 spiro atoms. The number of carbonyl (C=O) groups excluding carboxylic acids is 1. The third-order valence-electron chi connectivity index (χ3n) is 2.25. The van der Waals surface area contributed by atoms with Crippen LogP contribution in [0.25, 0.3) is 0 Å². The minimum absolute atomic E-state index is 0.00867. The molecule has 0 saturated carbocycles. The number of carbonyl (C=O) groups is 2. The monoisotopic (exact) mass is 293 g/mol. The fourth-order valence-electron chi connectivity index (χ4n) is 1.26. The maximum Gasteiger partial charge on any atom is 0.305 e. The number of hydrogen-bond acceptors (Lipinski definition) is 2. The topological polar surface area (TPSA) is 57.6 Å². The highest BCUT2D eigenvalue weighted by Crippen LogP contribution is 2.25. The molecule has 0 fully saturated rings. The summed E-state index contributed by atoms with van der Waals surface area (Å²) in [6.07, 6.45) is -0.198. The van der Waals surface area contributed by atoms with Gasteiger partial charge in [-0.25, -0.2) is 4.39 Å². The van der Waals surface area contributed by atoms with Crippen LogP contribution in [0, 0.1) is 5.82 Å². The van der Waals surface area contributed by atoms with Gasteiger partial charge in [0.05, 0.1) is 22.0 Å². The summed E-state index contributed by atoms with van der Waals surface area (Å²) in [7, 11) is 1.41. The van der Waals surface area contributed by atoms with Crippen molar-refractivity contribution in [1.82, 2.24) is 4.90 Å². The highest BCUT2D eigenvalue weighted by atomic mass is 35.5. The predicted octanol–water partition coefficient (Wildman–Crippen LogP) is 2.68. The van der Waals surface area contributed by atoms with E-state index in [1.54, 1.807) is 0 Å². The summed E-state index contributed by atoms with van der Waals surface area (Å²) < 4.78 is 13.2. The van der Waals surface area contributed by atoms with Crippen molar-refractivity contribution in [2.24, 2.45) is 0 Å². The lowest BCUT2D eigenvalue weighted by Crippen LogP contribution is -2.29. The van der Waals surface area contributed by atoms with Crippen molar-refractivity contribution < 1.29 is 19.1 Å². The van der Waals surface area contributed by atoms with Gasteiger partial charge in [-0.15, -0.1) is 0 Å². The molecule has 0 atom stereocenters. The van der Waals surface area contributed by atoms with Gasteiger partial charge < -0.3 is 10.0 Å². The van der Waals surface area contributed by atoms with Crippen LogP contribution in [0.5, 0.6) is 0 Å². The van der Waals surface area contributed by atoms with Crippen molar-refractivity contribution in [2.75, 3.05) is 13.6 Å². The minimum atomic E-state index is -1.02. The Morgan fingerprint density at radius 1 is 1.33 bits per heavy atom. The largest absolute Gasteiger partial charge is 0.481 e. The molecule has 0 aliphatic heterocycles. The van der Waals surface area contributed by atoms with Gasteiger partial charge >= 0.3 is 5.97 Å². The van der Waals surface area contributed by atoms with Gasteiger partial charge in [-0.05, 0) is 12.1 Å². The Bertz CT molecular complexity index is 493. The first-order valence-corrected chi connectivity index (χ1v) is 5.70. The van der Waals surface area contributed by atoms with Gasteiger partial charge in [-0.3, -0.25) is 9.59 Å². The molecular formula is C11H10Cl2FNO3. The van der Waals surface area contributed by atoms with E-state index in [1.807, 2.05) is 0 Å². The molecule has 1 aromatic rings. The molecule has 98 valence electrons. The number of halogens is 3. The first-order valence-electron chi connectivity index (χ1n) is 4.94. The molecule has 0 heterocycles. The summed E-state index contributed by atoms with van der Waals surface area (Å²) in [4.78, 5) is 23.4. The first-order chi connectivity index (χ1) is 8.32. The highest BCUT2D eigenvalue weighted by Gasteiger charge is 2.18. The number of carboxylic acid groups (broad SMARTS) is 1. The van der Waals surface area contributed by atoms with Crippen molar-refractivity contribution in [3.8, 4) is 0 Å². The van der Waals surface area contributed by atoms with Crippen molar-refractivity contribution in [1.29, 1.82) is 0 Å². The quantitative estimate of drug-likeness (QED) is 0.869. The molecule has 1 amide bonds. The minimum Gasteiger partial charge on any atom is -0.481 e. The Kier molecular flexibility index (Phi) is 4.93. The zero-order valence-electron chi connectivity index (χ0n) is 9.41. The summed E-state index contributed by atoms with van der Waals surface area (Å²) in [6, 6.07) is 2.07. The molecule has 7 heteroatoms. The maximum atomic E-state index is 13.2. The number of amides is 1. The van der Waals surface area contributed by atoms with E-state index in [-0.39, 0.29) is 28.6 Å². The fourth-order valence-corrected chi connectivity index (χ4v) is 1.72. The van der Waals surface area contributed by atoms with Crippen LogP contribution in [0.2, 0.25) is 10.0 Å². The van der Waals surface area contributed by atoms with Gasteiger partial charge in [-0.2, -0.15) is 0 Å². The Morgan fingerprint density at radius 2 is 1.94 bits per heavy atom. The average Bonchev–Trinajstić information content (AvgIpc) is 2.29. The molecule has 0 aromatic heterocycles. The van der Waals surface area contributed by atoms with E-state index in [4.69, 9.17) is 28.3 Å². The molecule has 1 N–H and O–H groups in total. The summed E-state index contributed by atoms with van der Waals surface area (Å²) in [5, 5.41) is 8.35. The van der Waals surface area contributed by atoms with Crippen LogP contribution in [0.4, 0.5) is 4.39 Å². The summed E-state index contributed by atoms with van der Waals surface area (Å²) in [6.45, 7) is 0.00867. The molecule has 1 rings (SSSR count). The molecule has 0 aliphatic carbocycles. The van der Waals surface area contributed by atoms with Gasteiger partial charge in [-0.1, -0.05) is 23.2 Å². The number of rotatable bonds is 4. The Labute approximate surface area is 113 Å². The van der Waals surface area contributed by atoms with E-state index in [2.05, 4.69) is 0 Å². The number of aliphatic carboxylic acids is 1. The number of carboxylic acids is 1. The van der Waals surface area contributed by atoms with Gasteiger partial charge in [0.25, 0.3) is 5.91 Å². The standard InChI is InChI=1S/C11H10Cl2FNO3/c1-15(3-2-10(16)17)11(18)6-4-9(14)8(13)5-7(6)12/h4-5H,2-3H2,1H3,(H,16,17). The van der Waals surface area contributed by atoms with E-state index in [1.165, 1.54) is 7.05 Å². The fraction of sp³-hybridized carbons (Fsp3) is 0.273. The normalized spacial score (nSPS) is 10.2. The van der Waals surface area contributed by atoms with Crippen LogP contribution in [-0.2, 0) is 4.79 Å². The zero-order valence-corrected chi connectivity index (χ0v) is 10.9. The van der Waals surface area contributed by atoms with Crippen LogP contribution in [-0.4, -0.2) is 35.5 Å². The van der Waals surface area contributed by atoms with Gasteiger partial charge in [0.1, 0.15) is 5.82 Å². The van der Waals surface area contributed by atoms with Gasteiger partial charge in [0.15, 0.2) is 0 Å². The van der Waals surface area contributed by atoms with Crippen LogP contribution in [0.15, 0.2) is 12.1 Å². The third-order valence-corrected chi connectivity index (χ3v) is 2.85. The number of nitrogens with zero attached hydrogens (tertiary/aromatic N) is 1. The van der Waals surface area contributed by atoms with Gasteiger partial charge in [0.2, 0.25) is 0 Å². The summed E-state index contributed by atoms with van der Waals surface area (Å²) >= 11 is 11.3. The van der Waals surface area contributed by atoms with E-state index in [9.17, 15) is 14.0 Å². The second kappa shape index (κ2) is 6.02. The second-order valence-corrected chi connectivity index (χ2v) is 4.43. The Balaban J connectivity index is 2.90. The van der Waals surface area contributed by atoms with Gasteiger partial charge in [0, 0.05) is 13.6 Å². The molecular weight excluding hydrogens is 284 g/mol. The van der Waals surface area contributed by atoms with E-state index < -0.39 is 17.7 Å². The molecule has 18 heavy (non-hydrogen) atoms. The molecule has 4 nitrogen and oxygen atoms in total. The van der Waals surface area contributed by atoms with E-state index >= 15 is 0 Å². The Hall–Kier alpha value is -1.33. The predicted molar refractivity (Wildman–Crippen MR) is 65.6 cm³/mol. The smallest absolute Gasteiger partial charge is 0.305 e. The Morgan fingerprint density at radius 3 is 2.50 bits per heavy atom. The maximum absolute atomic E-state index is 13.2. The van der Waals surface area contributed by atoms with Crippen LogP contribution < -0.4 is 0 Å². The lowest BCUT2D eigenvalue weighted by molar-refractivity contribution is -0.137. The van der Waals surface area contributed by atoms with E-state index in [0.29, 0.717) is 0 Å². The molecule has 0 unspecified atom stereocenters. The second-order valence-electron chi connectivity index (χ2n) is 3.62. The van der Waals surface area contributed by atoms with E-state index in [0.717, 1.165) is 17.0 Å². The van der Waals surface area contributed by atoms with Crippen LogP contribution in [0.3, 0.4) is 0 Å². The average molecular weight is 294 g/mol. The van der Waals surface area contributed by atoms with Crippen molar-refractivity contribution >= 4 is 35.1 Å². The first kappa shape index (κ1) is 14.7. The lowest BCUT2D eigenvalue weighted by atomic mass is 10.2. The molecule has 1 aromatic carbocycles. The molecule has 0 bridgehead atoms. The lowest BCUT2D eigenvalue weighted by Gasteiger charge is -2.17. The highest BCUT2D eigenvalue weighted by molar-refractivity contribution is 6.36. The SMILES string of the molecule is CN(CCC(=O)O)C(=O)c1cc(F)c(Cl)cc1Cl.